The van der Waals surface area contributed by atoms with Crippen LogP contribution in [0, 0.1) is 17.8 Å². The average Bonchev–Trinajstić information content (AvgIpc) is 2.26. The molecule has 0 spiro atoms. The second kappa shape index (κ2) is 5.51. The molecule has 2 nitrogen and oxygen atoms in total. The number of carbonyl (C=O) groups is 1. The van der Waals surface area contributed by atoms with Crippen LogP contribution in [-0.2, 0) is 4.79 Å². The summed E-state index contributed by atoms with van der Waals surface area (Å²) in [5.74, 6) is 1.57. The molecule has 0 saturated carbocycles. The Hall–Kier alpha value is 0.200. The highest BCUT2D eigenvalue weighted by atomic mass is 127. The molecule has 1 aliphatic rings. The lowest BCUT2D eigenvalue weighted by Crippen LogP contribution is -2.38. The second-order valence-electron chi connectivity index (χ2n) is 4.84. The van der Waals surface area contributed by atoms with E-state index >= 15 is 0 Å². The molecular weight excluding hydrogens is 301 g/mol. The summed E-state index contributed by atoms with van der Waals surface area (Å²) < 4.78 is 0.549. The van der Waals surface area contributed by atoms with Crippen LogP contribution in [0.15, 0.2) is 0 Å². The highest BCUT2D eigenvalue weighted by molar-refractivity contribution is 14.1. The summed E-state index contributed by atoms with van der Waals surface area (Å²) in [5.41, 5.74) is 0. The first-order valence-corrected chi connectivity index (χ1v) is 7.18. The van der Waals surface area contributed by atoms with Crippen molar-refractivity contribution < 1.29 is 4.79 Å². The van der Waals surface area contributed by atoms with Gasteiger partial charge < -0.3 is 5.32 Å². The number of hydrogen-bond acceptors (Lipinski definition) is 1. The standard InChI is InChI=1S/C12H22INO/c1-5-6-10-7(2)11(13)9(4)14-12(15)8(10)3/h7-11H,5-6H2,1-4H3,(H,14,15). The van der Waals surface area contributed by atoms with E-state index in [9.17, 15) is 4.79 Å². The van der Waals surface area contributed by atoms with Gasteiger partial charge in [0.1, 0.15) is 0 Å². The summed E-state index contributed by atoms with van der Waals surface area (Å²) >= 11 is 2.49. The molecule has 1 N–H and O–H groups in total. The van der Waals surface area contributed by atoms with Crippen LogP contribution in [0.4, 0.5) is 0 Å². The minimum Gasteiger partial charge on any atom is -0.352 e. The van der Waals surface area contributed by atoms with E-state index in [0.29, 0.717) is 21.8 Å². The fraction of sp³-hybridized carbons (Fsp3) is 0.917. The highest BCUT2D eigenvalue weighted by Crippen LogP contribution is 2.35. The molecule has 0 aromatic carbocycles. The topological polar surface area (TPSA) is 29.1 Å². The van der Waals surface area contributed by atoms with Crippen molar-refractivity contribution in [2.24, 2.45) is 17.8 Å². The van der Waals surface area contributed by atoms with Gasteiger partial charge in [-0.15, -0.1) is 0 Å². The van der Waals surface area contributed by atoms with E-state index < -0.39 is 0 Å². The van der Waals surface area contributed by atoms with Gasteiger partial charge in [-0.05, 0) is 25.2 Å². The third-order valence-corrected chi connectivity index (χ3v) is 5.92. The summed E-state index contributed by atoms with van der Waals surface area (Å²) in [6, 6.07) is 0.303. The Morgan fingerprint density at radius 1 is 1.33 bits per heavy atom. The Kier molecular flexibility index (Phi) is 4.87. The van der Waals surface area contributed by atoms with Crippen molar-refractivity contribution in [1.82, 2.24) is 5.32 Å². The van der Waals surface area contributed by atoms with Crippen molar-refractivity contribution in [2.75, 3.05) is 0 Å². The van der Waals surface area contributed by atoms with Gasteiger partial charge in [-0.1, -0.05) is 49.8 Å². The van der Waals surface area contributed by atoms with Gasteiger partial charge in [0.15, 0.2) is 0 Å². The van der Waals surface area contributed by atoms with Crippen LogP contribution in [0.1, 0.15) is 40.5 Å². The molecule has 0 aromatic heterocycles. The molecule has 3 heteroatoms. The number of halogens is 1. The predicted octanol–water partition coefficient (Wildman–Crippen LogP) is 3.00. The SMILES string of the molecule is CCCC1C(C)C(=O)NC(C)C(I)C1C. The molecule has 1 rings (SSSR count). The van der Waals surface area contributed by atoms with Gasteiger partial charge in [0.25, 0.3) is 0 Å². The van der Waals surface area contributed by atoms with E-state index in [0.717, 1.165) is 0 Å². The smallest absolute Gasteiger partial charge is 0.223 e. The maximum absolute atomic E-state index is 11.9. The Morgan fingerprint density at radius 2 is 1.93 bits per heavy atom. The largest absolute Gasteiger partial charge is 0.352 e. The van der Waals surface area contributed by atoms with E-state index in [1.54, 1.807) is 0 Å². The number of alkyl halides is 1. The zero-order valence-corrected chi connectivity index (χ0v) is 12.2. The third-order valence-electron chi connectivity index (χ3n) is 3.70. The molecule has 1 saturated heterocycles. The summed E-state index contributed by atoms with van der Waals surface area (Å²) in [6.07, 6.45) is 2.34. The third kappa shape index (κ3) is 2.86. The van der Waals surface area contributed by atoms with Crippen molar-refractivity contribution in [1.29, 1.82) is 0 Å². The zero-order chi connectivity index (χ0) is 11.6. The fourth-order valence-corrected chi connectivity index (χ4v) is 3.34. The Morgan fingerprint density at radius 3 is 2.47 bits per heavy atom. The molecule has 88 valence electrons. The number of amides is 1. The average molecular weight is 323 g/mol. The monoisotopic (exact) mass is 323 g/mol. The Labute approximate surface area is 107 Å². The maximum Gasteiger partial charge on any atom is 0.223 e. The van der Waals surface area contributed by atoms with Gasteiger partial charge in [-0.25, -0.2) is 0 Å². The van der Waals surface area contributed by atoms with E-state index in [2.05, 4.69) is 55.6 Å². The van der Waals surface area contributed by atoms with Crippen LogP contribution in [0.25, 0.3) is 0 Å². The van der Waals surface area contributed by atoms with Gasteiger partial charge in [-0.2, -0.15) is 0 Å². The van der Waals surface area contributed by atoms with E-state index in [4.69, 9.17) is 0 Å². The number of carbonyl (C=O) groups excluding carboxylic acids is 1. The van der Waals surface area contributed by atoms with Gasteiger partial charge in [-0.3, -0.25) is 4.79 Å². The Balaban J connectivity index is 2.86. The lowest BCUT2D eigenvalue weighted by Gasteiger charge is -2.28. The van der Waals surface area contributed by atoms with E-state index in [-0.39, 0.29) is 11.8 Å². The molecule has 0 radical (unpaired) electrons. The fourth-order valence-electron chi connectivity index (χ4n) is 2.62. The van der Waals surface area contributed by atoms with Gasteiger partial charge >= 0.3 is 0 Å². The van der Waals surface area contributed by atoms with Crippen LogP contribution in [0.2, 0.25) is 0 Å². The summed E-state index contributed by atoms with van der Waals surface area (Å²) in [7, 11) is 0. The molecule has 5 unspecified atom stereocenters. The van der Waals surface area contributed by atoms with E-state index in [1.807, 2.05) is 0 Å². The first kappa shape index (κ1) is 13.3. The van der Waals surface area contributed by atoms with Crippen molar-refractivity contribution in [3.05, 3.63) is 0 Å². The number of rotatable bonds is 2. The van der Waals surface area contributed by atoms with Crippen molar-refractivity contribution >= 4 is 28.5 Å². The first-order chi connectivity index (χ1) is 6.99. The van der Waals surface area contributed by atoms with Gasteiger partial charge in [0, 0.05) is 15.9 Å². The van der Waals surface area contributed by atoms with Gasteiger partial charge in [0.2, 0.25) is 5.91 Å². The predicted molar refractivity (Wildman–Crippen MR) is 72.1 cm³/mol. The Bertz CT molecular complexity index is 232. The second-order valence-corrected chi connectivity index (χ2v) is 6.28. The van der Waals surface area contributed by atoms with E-state index in [1.165, 1.54) is 12.8 Å². The quantitative estimate of drug-likeness (QED) is 0.614. The molecular formula is C12H22INO. The molecule has 15 heavy (non-hydrogen) atoms. The lowest BCUT2D eigenvalue weighted by atomic mass is 9.79. The zero-order valence-electron chi connectivity index (χ0n) is 10.1. The van der Waals surface area contributed by atoms with Crippen molar-refractivity contribution in [2.45, 2.75) is 50.5 Å². The van der Waals surface area contributed by atoms with Crippen LogP contribution in [0.5, 0.6) is 0 Å². The molecule has 0 bridgehead atoms. The minimum absolute atomic E-state index is 0.169. The molecule has 1 fully saturated rings. The molecule has 0 aromatic rings. The lowest BCUT2D eigenvalue weighted by molar-refractivity contribution is -0.126. The normalized spacial score (nSPS) is 42.2. The summed E-state index contributed by atoms with van der Waals surface area (Å²) in [5, 5.41) is 3.11. The first-order valence-electron chi connectivity index (χ1n) is 5.93. The van der Waals surface area contributed by atoms with Crippen LogP contribution in [-0.4, -0.2) is 15.9 Å². The van der Waals surface area contributed by atoms with Crippen LogP contribution in [0.3, 0.4) is 0 Å². The summed E-state index contributed by atoms with van der Waals surface area (Å²) in [4.78, 5) is 11.9. The number of hydrogen-bond donors (Lipinski definition) is 1. The van der Waals surface area contributed by atoms with Crippen LogP contribution < -0.4 is 5.32 Å². The molecule has 0 aliphatic carbocycles. The molecule has 1 heterocycles. The maximum atomic E-state index is 11.9. The van der Waals surface area contributed by atoms with Crippen LogP contribution >= 0.6 is 22.6 Å². The molecule has 1 amide bonds. The van der Waals surface area contributed by atoms with Gasteiger partial charge in [0.05, 0.1) is 0 Å². The highest BCUT2D eigenvalue weighted by Gasteiger charge is 2.37. The molecule has 1 aliphatic heterocycles. The molecule has 5 atom stereocenters. The summed E-state index contributed by atoms with van der Waals surface area (Å²) in [6.45, 7) is 8.69. The minimum atomic E-state index is 0.169. The van der Waals surface area contributed by atoms with Crippen molar-refractivity contribution in [3.8, 4) is 0 Å². The van der Waals surface area contributed by atoms with Crippen molar-refractivity contribution in [3.63, 3.8) is 0 Å². The number of nitrogens with one attached hydrogen (secondary N) is 1.